The lowest BCUT2D eigenvalue weighted by atomic mass is 10.2. The summed E-state index contributed by atoms with van der Waals surface area (Å²) in [6, 6.07) is 5.68. The van der Waals surface area contributed by atoms with Gasteiger partial charge in [-0.3, -0.25) is 4.79 Å². The predicted octanol–water partition coefficient (Wildman–Crippen LogP) is 1.99. The normalized spacial score (nSPS) is 11.0. The summed E-state index contributed by atoms with van der Waals surface area (Å²) in [5.41, 5.74) is 0.622. The first-order valence-corrected chi connectivity index (χ1v) is 5.44. The van der Waals surface area contributed by atoms with Crippen molar-refractivity contribution < 1.29 is 32.2 Å². The zero-order valence-corrected chi connectivity index (χ0v) is 10.5. The molecular weight excluding hydrogens is 279 g/mol. The van der Waals surface area contributed by atoms with Gasteiger partial charge in [0.1, 0.15) is 13.2 Å². The van der Waals surface area contributed by atoms with Gasteiger partial charge in [0.15, 0.2) is 0 Å². The Hall–Kier alpha value is -2.09. The number of rotatable bonds is 5. The van der Waals surface area contributed by atoms with Gasteiger partial charge >= 0.3 is 12.1 Å². The molecule has 0 heterocycles. The molecule has 1 amide bonds. The standard InChI is InChI=1S/C12H12F3NO4/c1-19-11(18)8-2-4-9(5-3-8)16-10(17)6-20-7-12(13,14)15/h2-5H,6-7H2,1H3,(H,16,17). The first-order chi connectivity index (χ1) is 9.31. The van der Waals surface area contributed by atoms with Crippen molar-refractivity contribution in [3.8, 4) is 0 Å². The summed E-state index contributed by atoms with van der Waals surface area (Å²) >= 11 is 0. The first-order valence-electron chi connectivity index (χ1n) is 5.44. The van der Waals surface area contributed by atoms with E-state index >= 15 is 0 Å². The van der Waals surface area contributed by atoms with Crippen LogP contribution < -0.4 is 5.32 Å². The third-order valence-electron chi connectivity index (χ3n) is 2.09. The van der Waals surface area contributed by atoms with E-state index in [1.165, 1.54) is 31.4 Å². The minimum Gasteiger partial charge on any atom is -0.465 e. The average Bonchev–Trinajstić information content (AvgIpc) is 2.37. The fourth-order valence-corrected chi connectivity index (χ4v) is 1.26. The molecule has 0 bridgehead atoms. The van der Waals surface area contributed by atoms with Crippen LogP contribution >= 0.6 is 0 Å². The van der Waals surface area contributed by atoms with Crippen molar-refractivity contribution in [2.45, 2.75) is 6.18 Å². The fraction of sp³-hybridized carbons (Fsp3) is 0.333. The molecule has 1 aromatic rings. The van der Waals surface area contributed by atoms with E-state index in [1.54, 1.807) is 0 Å². The van der Waals surface area contributed by atoms with Crippen LogP contribution in [0, 0.1) is 0 Å². The maximum atomic E-state index is 11.8. The fourth-order valence-electron chi connectivity index (χ4n) is 1.26. The summed E-state index contributed by atoms with van der Waals surface area (Å²) in [5.74, 6) is -1.25. The van der Waals surface area contributed by atoms with E-state index in [4.69, 9.17) is 0 Å². The van der Waals surface area contributed by atoms with Crippen molar-refractivity contribution in [2.24, 2.45) is 0 Å². The van der Waals surface area contributed by atoms with E-state index in [1.807, 2.05) is 0 Å². The second kappa shape index (κ2) is 6.90. The van der Waals surface area contributed by atoms with Gasteiger partial charge in [-0.05, 0) is 24.3 Å². The number of hydrogen-bond acceptors (Lipinski definition) is 4. The molecule has 20 heavy (non-hydrogen) atoms. The molecule has 0 aliphatic carbocycles. The molecule has 110 valence electrons. The smallest absolute Gasteiger partial charge is 0.411 e. The minimum absolute atomic E-state index is 0.291. The van der Waals surface area contributed by atoms with Crippen molar-refractivity contribution in [3.05, 3.63) is 29.8 Å². The van der Waals surface area contributed by atoms with Gasteiger partial charge in [0.2, 0.25) is 5.91 Å². The van der Waals surface area contributed by atoms with Crippen LogP contribution in [0.15, 0.2) is 24.3 Å². The van der Waals surface area contributed by atoms with Crippen molar-refractivity contribution in [1.29, 1.82) is 0 Å². The number of carbonyl (C=O) groups excluding carboxylic acids is 2. The molecule has 1 rings (SSSR count). The maximum absolute atomic E-state index is 11.8. The van der Waals surface area contributed by atoms with E-state index in [9.17, 15) is 22.8 Å². The molecule has 0 saturated carbocycles. The predicted molar refractivity (Wildman–Crippen MR) is 63.3 cm³/mol. The highest BCUT2D eigenvalue weighted by Gasteiger charge is 2.27. The van der Waals surface area contributed by atoms with Gasteiger partial charge in [-0.1, -0.05) is 0 Å². The Labute approximate surface area is 112 Å². The van der Waals surface area contributed by atoms with Gasteiger partial charge in [0.25, 0.3) is 0 Å². The molecule has 0 atom stereocenters. The Kier molecular flexibility index (Phi) is 5.51. The molecule has 0 aromatic heterocycles. The lowest BCUT2D eigenvalue weighted by molar-refractivity contribution is -0.174. The van der Waals surface area contributed by atoms with Crippen LogP contribution in [0.25, 0.3) is 0 Å². The third-order valence-corrected chi connectivity index (χ3v) is 2.09. The van der Waals surface area contributed by atoms with Crippen LogP contribution in [0.2, 0.25) is 0 Å². The Morgan fingerprint density at radius 1 is 1.20 bits per heavy atom. The van der Waals surface area contributed by atoms with Crippen molar-refractivity contribution in [3.63, 3.8) is 0 Å². The van der Waals surface area contributed by atoms with Gasteiger partial charge in [-0.2, -0.15) is 13.2 Å². The molecule has 0 spiro atoms. The molecule has 0 aliphatic heterocycles. The number of carbonyl (C=O) groups is 2. The van der Waals surface area contributed by atoms with E-state index in [0.29, 0.717) is 11.3 Å². The number of benzene rings is 1. The number of amides is 1. The number of halogens is 3. The Balaban J connectivity index is 2.44. The van der Waals surface area contributed by atoms with Crippen molar-refractivity contribution >= 4 is 17.6 Å². The van der Waals surface area contributed by atoms with Crippen LogP contribution in [-0.2, 0) is 14.3 Å². The number of hydrogen-bond donors (Lipinski definition) is 1. The number of ether oxygens (including phenoxy) is 2. The molecule has 0 aliphatic rings. The summed E-state index contributed by atoms with van der Waals surface area (Å²) in [5, 5.41) is 2.33. The molecule has 0 unspecified atom stereocenters. The summed E-state index contributed by atoms with van der Waals surface area (Å²) in [6.45, 7) is -2.19. The highest BCUT2D eigenvalue weighted by Crippen LogP contribution is 2.14. The lowest BCUT2D eigenvalue weighted by Gasteiger charge is -2.08. The van der Waals surface area contributed by atoms with Crippen molar-refractivity contribution in [2.75, 3.05) is 25.6 Å². The monoisotopic (exact) mass is 291 g/mol. The highest BCUT2D eigenvalue weighted by atomic mass is 19.4. The quantitative estimate of drug-likeness (QED) is 0.843. The number of esters is 1. The molecule has 0 fully saturated rings. The van der Waals surface area contributed by atoms with E-state index in [0.717, 1.165) is 0 Å². The highest BCUT2D eigenvalue weighted by molar-refractivity contribution is 5.93. The van der Waals surface area contributed by atoms with Gasteiger partial charge in [-0.25, -0.2) is 4.79 Å². The second-order valence-corrected chi connectivity index (χ2v) is 3.73. The van der Waals surface area contributed by atoms with E-state index in [2.05, 4.69) is 14.8 Å². The molecule has 0 radical (unpaired) electrons. The van der Waals surface area contributed by atoms with Gasteiger partial charge in [0.05, 0.1) is 12.7 Å². The summed E-state index contributed by atoms with van der Waals surface area (Å²) in [7, 11) is 1.23. The Morgan fingerprint density at radius 3 is 2.30 bits per heavy atom. The maximum Gasteiger partial charge on any atom is 0.411 e. The first kappa shape index (κ1) is 16.0. The van der Waals surface area contributed by atoms with Gasteiger partial charge in [-0.15, -0.1) is 0 Å². The Morgan fingerprint density at radius 2 is 1.80 bits per heavy atom. The van der Waals surface area contributed by atoms with Gasteiger partial charge in [0, 0.05) is 5.69 Å². The molecule has 0 saturated heterocycles. The Bertz CT molecular complexity index is 471. The zero-order chi connectivity index (χ0) is 15.2. The van der Waals surface area contributed by atoms with Gasteiger partial charge < -0.3 is 14.8 Å². The zero-order valence-electron chi connectivity index (χ0n) is 10.5. The van der Waals surface area contributed by atoms with Crippen molar-refractivity contribution in [1.82, 2.24) is 0 Å². The number of nitrogens with one attached hydrogen (secondary N) is 1. The van der Waals surface area contributed by atoms with E-state index < -0.39 is 31.3 Å². The van der Waals surface area contributed by atoms with Crippen LogP contribution in [0.1, 0.15) is 10.4 Å². The second-order valence-electron chi connectivity index (χ2n) is 3.73. The lowest BCUT2D eigenvalue weighted by Crippen LogP contribution is -2.24. The SMILES string of the molecule is COC(=O)c1ccc(NC(=O)COCC(F)(F)F)cc1. The molecule has 1 aromatic carbocycles. The van der Waals surface area contributed by atoms with Crippen LogP contribution in [0.3, 0.4) is 0 Å². The summed E-state index contributed by atoms with van der Waals surface area (Å²) in [4.78, 5) is 22.4. The molecule has 8 heteroatoms. The average molecular weight is 291 g/mol. The molecule has 5 nitrogen and oxygen atoms in total. The minimum atomic E-state index is -4.47. The van der Waals surface area contributed by atoms with Crippen LogP contribution in [-0.4, -0.2) is 38.4 Å². The summed E-state index contributed by atoms with van der Waals surface area (Å²) in [6.07, 6.45) is -4.47. The number of methoxy groups -OCH3 is 1. The summed E-state index contributed by atoms with van der Waals surface area (Å²) < 4.78 is 44.0. The largest absolute Gasteiger partial charge is 0.465 e. The topological polar surface area (TPSA) is 64.6 Å². The molecule has 1 N–H and O–H groups in total. The van der Waals surface area contributed by atoms with Crippen LogP contribution in [0.5, 0.6) is 0 Å². The van der Waals surface area contributed by atoms with Crippen LogP contribution in [0.4, 0.5) is 18.9 Å². The number of anilines is 1. The third kappa shape index (κ3) is 5.70. The number of alkyl halides is 3. The molecular formula is C12H12F3NO4. The van der Waals surface area contributed by atoms with E-state index in [-0.39, 0.29) is 0 Å².